The molecule has 3 nitrogen and oxygen atoms in total. The summed E-state index contributed by atoms with van der Waals surface area (Å²) in [5.74, 6) is 1.70. The van der Waals surface area contributed by atoms with Crippen LogP contribution in [0, 0.1) is 5.82 Å². The van der Waals surface area contributed by atoms with E-state index in [1.165, 1.54) is 12.1 Å². The minimum atomic E-state index is -0.321. The number of halogens is 1. The minimum absolute atomic E-state index is 0.303. The summed E-state index contributed by atoms with van der Waals surface area (Å²) < 4.78 is 24.6. The number of hydrogen-bond acceptors (Lipinski definition) is 3. The molecule has 2 rings (SSSR count). The Bertz CT molecular complexity index is 582. The summed E-state index contributed by atoms with van der Waals surface area (Å²) in [5, 5.41) is 0. The fraction of sp³-hybridized carbons (Fsp3) is 0.294. The maximum atomic E-state index is 13.3. The number of nitrogens with two attached hydrogens (primary N) is 1. The van der Waals surface area contributed by atoms with Gasteiger partial charge in [-0.15, -0.1) is 0 Å². The van der Waals surface area contributed by atoms with E-state index in [9.17, 15) is 4.39 Å². The highest BCUT2D eigenvalue weighted by Crippen LogP contribution is 2.30. The van der Waals surface area contributed by atoms with Gasteiger partial charge in [-0.05, 0) is 55.8 Å². The molecule has 0 fully saturated rings. The number of hydrogen-bond donors (Lipinski definition) is 1. The first kappa shape index (κ1) is 15.3. The Morgan fingerprint density at radius 3 is 2.38 bits per heavy atom. The Morgan fingerprint density at radius 2 is 1.76 bits per heavy atom. The first-order chi connectivity index (χ1) is 10.1. The predicted molar refractivity (Wildman–Crippen MR) is 81.3 cm³/mol. The summed E-state index contributed by atoms with van der Waals surface area (Å²) in [4.78, 5) is 0. The van der Waals surface area contributed by atoms with Crippen molar-refractivity contribution in [3.05, 3.63) is 53.8 Å². The van der Waals surface area contributed by atoms with E-state index >= 15 is 0 Å². The van der Waals surface area contributed by atoms with Crippen LogP contribution in [0.25, 0.3) is 0 Å². The second-order valence-corrected chi connectivity index (χ2v) is 4.89. The van der Waals surface area contributed by atoms with Gasteiger partial charge in [0.05, 0.1) is 6.61 Å². The van der Waals surface area contributed by atoms with Crippen LogP contribution < -0.4 is 15.2 Å². The third kappa shape index (κ3) is 4.20. The standard InChI is InChI=1S/C17H20FNO2/c1-3-10-20-14-5-7-15(8-6-14)21-17-9-4-13(18)11-16(17)12(2)19/h4-9,11-12H,3,10,19H2,1-2H3/t12-/m0/s1. The number of ether oxygens (including phenoxy) is 2. The first-order valence-corrected chi connectivity index (χ1v) is 7.06. The molecule has 2 aromatic rings. The van der Waals surface area contributed by atoms with E-state index in [0.29, 0.717) is 23.7 Å². The van der Waals surface area contributed by atoms with Gasteiger partial charge in [0.2, 0.25) is 0 Å². The van der Waals surface area contributed by atoms with Gasteiger partial charge in [0.1, 0.15) is 23.1 Å². The van der Waals surface area contributed by atoms with Crippen molar-refractivity contribution in [1.82, 2.24) is 0 Å². The Labute approximate surface area is 124 Å². The molecule has 4 heteroatoms. The third-order valence-electron chi connectivity index (χ3n) is 2.99. The molecule has 0 saturated heterocycles. The molecule has 0 bridgehead atoms. The lowest BCUT2D eigenvalue weighted by atomic mass is 10.1. The molecule has 2 N–H and O–H groups in total. The van der Waals surface area contributed by atoms with Crippen molar-refractivity contribution in [2.24, 2.45) is 5.73 Å². The zero-order valence-electron chi connectivity index (χ0n) is 12.3. The van der Waals surface area contributed by atoms with Crippen LogP contribution in [-0.4, -0.2) is 6.61 Å². The highest BCUT2D eigenvalue weighted by Gasteiger charge is 2.10. The predicted octanol–water partition coefficient (Wildman–Crippen LogP) is 4.43. The molecule has 21 heavy (non-hydrogen) atoms. The van der Waals surface area contributed by atoms with Crippen LogP contribution in [0.5, 0.6) is 17.2 Å². The SMILES string of the molecule is CCCOc1ccc(Oc2ccc(F)cc2[C@H](C)N)cc1. The van der Waals surface area contributed by atoms with Crippen molar-refractivity contribution in [1.29, 1.82) is 0 Å². The molecule has 0 aliphatic heterocycles. The van der Waals surface area contributed by atoms with Crippen LogP contribution in [-0.2, 0) is 0 Å². The first-order valence-electron chi connectivity index (χ1n) is 7.06. The maximum absolute atomic E-state index is 13.3. The van der Waals surface area contributed by atoms with Crippen LogP contribution in [0.1, 0.15) is 31.9 Å². The second kappa shape index (κ2) is 7.09. The van der Waals surface area contributed by atoms with Gasteiger partial charge in [0, 0.05) is 11.6 Å². The van der Waals surface area contributed by atoms with Crippen LogP contribution in [0.15, 0.2) is 42.5 Å². The molecule has 1 atom stereocenters. The molecule has 0 amide bonds. The van der Waals surface area contributed by atoms with Crippen LogP contribution in [0.4, 0.5) is 4.39 Å². The van der Waals surface area contributed by atoms with E-state index in [0.717, 1.165) is 12.2 Å². The Balaban J connectivity index is 2.14. The average Bonchev–Trinajstić information content (AvgIpc) is 2.48. The minimum Gasteiger partial charge on any atom is -0.494 e. The van der Waals surface area contributed by atoms with Gasteiger partial charge in [-0.1, -0.05) is 6.92 Å². The van der Waals surface area contributed by atoms with Crippen LogP contribution >= 0.6 is 0 Å². The molecular formula is C17H20FNO2. The van der Waals surface area contributed by atoms with Gasteiger partial charge >= 0.3 is 0 Å². The van der Waals surface area contributed by atoms with Crippen molar-refractivity contribution in [3.8, 4) is 17.2 Å². The molecule has 0 spiro atoms. The van der Waals surface area contributed by atoms with E-state index in [-0.39, 0.29) is 11.9 Å². The average molecular weight is 289 g/mol. The summed E-state index contributed by atoms with van der Waals surface area (Å²) in [5.41, 5.74) is 6.49. The summed E-state index contributed by atoms with van der Waals surface area (Å²) >= 11 is 0. The molecular weight excluding hydrogens is 269 g/mol. The van der Waals surface area contributed by atoms with Gasteiger partial charge < -0.3 is 15.2 Å². The van der Waals surface area contributed by atoms with E-state index in [2.05, 4.69) is 6.92 Å². The smallest absolute Gasteiger partial charge is 0.132 e. The van der Waals surface area contributed by atoms with Gasteiger partial charge in [-0.25, -0.2) is 4.39 Å². The van der Waals surface area contributed by atoms with Crippen molar-refractivity contribution >= 4 is 0 Å². The summed E-state index contributed by atoms with van der Waals surface area (Å²) in [7, 11) is 0. The molecule has 2 aromatic carbocycles. The summed E-state index contributed by atoms with van der Waals surface area (Å²) in [6.45, 7) is 4.54. The third-order valence-corrected chi connectivity index (χ3v) is 2.99. The van der Waals surface area contributed by atoms with Crippen LogP contribution in [0.3, 0.4) is 0 Å². The Morgan fingerprint density at radius 1 is 1.10 bits per heavy atom. The maximum Gasteiger partial charge on any atom is 0.132 e. The molecule has 0 aromatic heterocycles. The van der Waals surface area contributed by atoms with Crippen molar-refractivity contribution < 1.29 is 13.9 Å². The molecule has 0 aliphatic rings. The summed E-state index contributed by atoms with van der Waals surface area (Å²) in [6, 6.07) is 11.4. The van der Waals surface area contributed by atoms with Gasteiger partial charge in [-0.2, -0.15) is 0 Å². The Kier molecular flexibility index (Phi) is 5.17. The fourth-order valence-electron chi connectivity index (χ4n) is 1.92. The topological polar surface area (TPSA) is 44.5 Å². The quantitative estimate of drug-likeness (QED) is 0.855. The molecule has 0 aliphatic carbocycles. The van der Waals surface area contributed by atoms with E-state index in [1.54, 1.807) is 13.0 Å². The van der Waals surface area contributed by atoms with Crippen molar-refractivity contribution in [3.63, 3.8) is 0 Å². The van der Waals surface area contributed by atoms with E-state index < -0.39 is 0 Å². The highest BCUT2D eigenvalue weighted by molar-refractivity contribution is 5.41. The Hall–Kier alpha value is -2.07. The highest BCUT2D eigenvalue weighted by atomic mass is 19.1. The monoisotopic (exact) mass is 289 g/mol. The molecule has 0 saturated carbocycles. The molecule has 0 radical (unpaired) electrons. The lowest BCUT2D eigenvalue weighted by Gasteiger charge is -2.14. The zero-order chi connectivity index (χ0) is 15.2. The lowest BCUT2D eigenvalue weighted by molar-refractivity contribution is 0.317. The number of rotatable bonds is 6. The van der Waals surface area contributed by atoms with Crippen molar-refractivity contribution in [2.45, 2.75) is 26.3 Å². The largest absolute Gasteiger partial charge is 0.494 e. The molecule has 0 unspecified atom stereocenters. The fourth-order valence-corrected chi connectivity index (χ4v) is 1.92. The number of benzene rings is 2. The van der Waals surface area contributed by atoms with E-state index in [1.807, 2.05) is 24.3 Å². The van der Waals surface area contributed by atoms with Crippen molar-refractivity contribution in [2.75, 3.05) is 6.61 Å². The van der Waals surface area contributed by atoms with Gasteiger partial charge in [0.25, 0.3) is 0 Å². The van der Waals surface area contributed by atoms with Gasteiger partial charge in [0.15, 0.2) is 0 Å². The second-order valence-electron chi connectivity index (χ2n) is 4.89. The molecule has 0 heterocycles. The normalized spacial score (nSPS) is 12.0. The summed E-state index contributed by atoms with van der Waals surface area (Å²) in [6.07, 6.45) is 0.964. The van der Waals surface area contributed by atoms with Crippen LogP contribution in [0.2, 0.25) is 0 Å². The van der Waals surface area contributed by atoms with E-state index in [4.69, 9.17) is 15.2 Å². The zero-order valence-corrected chi connectivity index (χ0v) is 12.3. The van der Waals surface area contributed by atoms with Gasteiger partial charge in [-0.3, -0.25) is 0 Å². The lowest BCUT2D eigenvalue weighted by Crippen LogP contribution is -2.07. The molecule has 112 valence electrons.